The molecule has 2 aromatic carbocycles. The van der Waals surface area contributed by atoms with Crippen LogP contribution >= 0.6 is 0 Å². The first-order valence-corrected chi connectivity index (χ1v) is 13.0. The van der Waals surface area contributed by atoms with Crippen molar-refractivity contribution < 1.29 is 26.5 Å². The van der Waals surface area contributed by atoms with Gasteiger partial charge in [0.1, 0.15) is 17.3 Å². The lowest BCUT2D eigenvalue weighted by atomic mass is 9.98. The largest absolute Gasteiger partial charge is 0.355 e. The second-order valence-corrected chi connectivity index (χ2v) is 10.8. The summed E-state index contributed by atoms with van der Waals surface area (Å²) in [6.07, 6.45) is 4.20. The van der Waals surface area contributed by atoms with Crippen LogP contribution in [-0.4, -0.2) is 36.9 Å². The van der Waals surface area contributed by atoms with E-state index in [9.17, 15) is 22.0 Å². The Morgan fingerprint density at radius 3 is 2.69 bits per heavy atom. The smallest absolute Gasteiger partial charge is 0.248 e. The Bertz CT molecular complexity index is 1430. The maximum absolute atomic E-state index is 14.0. The van der Waals surface area contributed by atoms with Crippen molar-refractivity contribution in [2.24, 2.45) is 5.92 Å². The summed E-state index contributed by atoms with van der Waals surface area (Å²) in [6, 6.07) is 8.72. The molecule has 0 aliphatic carbocycles. The molecule has 7 nitrogen and oxygen atoms in total. The Balaban J connectivity index is 1.56. The predicted octanol–water partition coefficient (Wildman–Crippen LogP) is 5.09. The molecule has 1 aliphatic heterocycles. The minimum absolute atomic E-state index is 0.0544. The van der Waals surface area contributed by atoms with Crippen LogP contribution in [0.4, 0.5) is 14.5 Å². The molecule has 1 amide bonds. The van der Waals surface area contributed by atoms with Crippen LogP contribution in [0, 0.1) is 38.3 Å². The van der Waals surface area contributed by atoms with E-state index in [2.05, 4.69) is 10.5 Å². The van der Waals surface area contributed by atoms with E-state index in [1.165, 1.54) is 4.31 Å². The van der Waals surface area contributed by atoms with E-state index in [1.54, 1.807) is 19.1 Å². The minimum atomic E-state index is -4.05. The number of hydrogen-bond donors (Lipinski definition) is 1. The number of aromatic nitrogens is 1. The Labute approximate surface area is 208 Å². The number of benzene rings is 2. The Morgan fingerprint density at radius 2 is 1.92 bits per heavy atom. The van der Waals surface area contributed by atoms with Crippen LogP contribution in [0.2, 0.25) is 0 Å². The molecule has 2 heterocycles. The number of halogens is 2. The van der Waals surface area contributed by atoms with Crippen molar-refractivity contribution in [3.8, 4) is 0 Å². The molecule has 0 bridgehead atoms. The van der Waals surface area contributed by atoms with Crippen molar-refractivity contribution in [1.82, 2.24) is 9.46 Å². The second kappa shape index (κ2) is 10.3. The highest BCUT2D eigenvalue weighted by atomic mass is 32.2. The number of nitrogens with zero attached hydrogens (tertiary/aromatic N) is 2. The first-order chi connectivity index (χ1) is 17.1. The topological polar surface area (TPSA) is 92.5 Å². The van der Waals surface area contributed by atoms with Gasteiger partial charge in [-0.2, -0.15) is 4.31 Å². The molecule has 0 saturated carbocycles. The standard InChI is InChI=1S/C26H27F2N3O4S/c1-16-6-7-17(2)19(13-16)8-11-24-25(18(3)30-35-24)36(33,34)31-12-4-5-20(15-31)26(32)29-23-14-21(27)9-10-22(23)28/h6-11,13-14,20H,4-5,12,15H2,1-3H3,(H,29,32)/b11-8+/t20-/m1/s1. The van der Waals surface area contributed by atoms with Crippen LogP contribution in [0.5, 0.6) is 0 Å². The van der Waals surface area contributed by atoms with Gasteiger partial charge in [0.2, 0.25) is 15.9 Å². The summed E-state index contributed by atoms with van der Waals surface area (Å²) in [5.41, 5.74) is 2.94. The summed E-state index contributed by atoms with van der Waals surface area (Å²) < 4.78 is 61.2. The molecule has 1 aromatic heterocycles. The highest BCUT2D eigenvalue weighted by Gasteiger charge is 2.37. The molecule has 4 rings (SSSR count). The molecular formula is C26H27F2N3O4S. The van der Waals surface area contributed by atoms with Crippen molar-refractivity contribution in [3.63, 3.8) is 0 Å². The van der Waals surface area contributed by atoms with Crippen LogP contribution in [-0.2, 0) is 14.8 Å². The first-order valence-electron chi connectivity index (χ1n) is 11.5. The number of hydrogen-bond acceptors (Lipinski definition) is 5. The van der Waals surface area contributed by atoms with Crippen LogP contribution in [0.25, 0.3) is 12.2 Å². The minimum Gasteiger partial charge on any atom is -0.355 e. The van der Waals surface area contributed by atoms with Gasteiger partial charge >= 0.3 is 0 Å². The van der Waals surface area contributed by atoms with Gasteiger partial charge in [-0.3, -0.25) is 4.79 Å². The molecule has 1 saturated heterocycles. The van der Waals surface area contributed by atoms with Crippen molar-refractivity contribution in [3.05, 3.63) is 76.2 Å². The average Bonchev–Trinajstić information content (AvgIpc) is 3.23. The molecule has 1 aliphatic rings. The molecule has 0 unspecified atom stereocenters. The summed E-state index contributed by atoms with van der Waals surface area (Å²) in [4.78, 5) is 12.7. The Morgan fingerprint density at radius 1 is 1.14 bits per heavy atom. The third-order valence-electron chi connectivity index (χ3n) is 6.22. The number of rotatable bonds is 6. The Hall–Kier alpha value is -3.37. The maximum Gasteiger partial charge on any atom is 0.248 e. The zero-order valence-corrected chi connectivity index (χ0v) is 21.0. The average molecular weight is 516 g/mol. The van der Waals surface area contributed by atoms with Gasteiger partial charge in [-0.25, -0.2) is 17.2 Å². The Kier molecular flexibility index (Phi) is 7.37. The van der Waals surface area contributed by atoms with Gasteiger partial charge in [0.25, 0.3) is 0 Å². The van der Waals surface area contributed by atoms with Crippen LogP contribution < -0.4 is 5.32 Å². The number of nitrogens with one attached hydrogen (secondary N) is 1. The highest BCUT2D eigenvalue weighted by Crippen LogP contribution is 2.30. The lowest BCUT2D eigenvalue weighted by molar-refractivity contribution is -0.120. The number of sulfonamides is 1. The second-order valence-electron chi connectivity index (χ2n) is 8.97. The van der Waals surface area contributed by atoms with E-state index >= 15 is 0 Å². The summed E-state index contributed by atoms with van der Waals surface area (Å²) in [7, 11) is -4.05. The number of anilines is 1. The van der Waals surface area contributed by atoms with E-state index in [0.29, 0.717) is 12.8 Å². The lowest BCUT2D eigenvalue weighted by Crippen LogP contribution is -2.44. The highest BCUT2D eigenvalue weighted by molar-refractivity contribution is 7.89. The summed E-state index contributed by atoms with van der Waals surface area (Å²) in [5, 5.41) is 6.25. The van der Waals surface area contributed by atoms with E-state index < -0.39 is 33.5 Å². The van der Waals surface area contributed by atoms with E-state index in [1.807, 2.05) is 32.0 Å². The van der Waals surface area contributed by atoms with Gasteiger partial charge in [-0.1, -0.05) is 35.0 Å². The third-order valence-corrected chi connectivity index (χ3v) is 8.25. The van der Waals surface area contributed by atoms with Crippen molar-refractivity contribution in [2.75, 3.05) is 18.4 Å². The summed E-state index contributed by atoms with van der Waals surface area (Å²) >= 11 is 0. The number of carbonyl (C=O) groups excluding carboxylic acids is 1. The van der Waals surface area contributed by atoms with Gasteiger partial charge in [0, 0.05) is 19.2 Å². The molecule has 0 spiro atoms. The quantitative estimate of drug-likeness (QED) is 0.494. The van der Waals surface area contributed by atoms with Crippen molar-refractivity contribution in [1.29, 1.82) is 0 Å². The van der Waals surface area contributed by atoms with E-state index in [0.717, 1.165) is 34.9 Å². The molecule has 1 N–H and O–H groups in total. The molecule has 0 radical (unpaired) electrons. The fourth-order valence-corrected chi connectivity index (χ4v) is 6.01. The van der Waals surface area contributed by atoms with Gasteiger partial charge in [0.15, 0.2) is 10.7 Å². The summed E-state index contributed by atoms with van der Waals surface area (Å²) in [5.74, 6) is -2.67. The first kappa shape index (κ1) is 25.7. The fraction of sp³-hybridized carbons (Fsp3) is 0.308. The number of amides is 1. The zero-order chi connectivity index (χ0) is 26.0. The van der Waals surface area contributed by atoms with Crippen molar-refractivity contribution >= 4 is 33.8 Å². The van der Waals surface area contributed by atoms with E-state index in [-0.39, 0.29) is 35.1 Å². The third kappa shape index (κ3) is 5.39. The zero-order valence-electron chi connectivity index (χ0n) is 20.2. The van der Waals surface area contributed by atoms with Crippen molar-refractivity contribution in [2.45, 2.75) is 38.5 Å². The molecule has 1 fully saturated rings. The van der Waals surface area contributed by atoms with Gasteiger partial charge < -0.3 is 9.84 Å². The molecule has 1 atom stereocenters. The van der Waals surface area contributed by atoms with Crippen LogP contribution in [0.1, 0.15) is 41.0 Å². The molecule has 36 heavy (non-hydrogen) atoms. The molecule has 190 valence electrons. The normalized spacial score (nSPS) is 17.0. The number of piperidine rings is 1. The molecule has 10 heteroatoms. The van der Waals surface area contributed by atoms with Crippen LogP contribution in [0.15, 0.2) is 45.8 Å². The molecular weight excluding hydrogens is 488 g/mol. The SMILES string of the molecule is Cc1ccc(C)c(/C=C/c2onc(C)c2S(=O)(=O)N2CCC[C@@H](C(=O)Nc3cc(F)ccc3F)C2)c1. The van der Waals surface area contributed by atoms with Crippen LogP contribution in [0.3, 0.4) is 0 Å². The fourth-order valence-electron chi connectivity index (χ4n) is 4.24. The lowest BCUT2D eigenvalue weighted by Gasteiger charge is -2.31. The summed E-state index contributed by atoms with van der Waals surface area (Å²) in [6.45, 7) is 5.58. The van der Waals surface area contributed by atoms with Gasteiger partial charge in [-0.05, 0) is 62.9 Å². The monoisotopic (exact) mass is 515 g/mol. The predicted molar refractivity (Wildman–Crippen MR) is 133 cm³/mol. The molecule has 3 aromatic rings. The number of aryl methyl sites for hydroxylation is 3. The van der Waals surface area contributed by atoms with Gasteiger partial charge in [-0.15, -0.1) is 0 Å². The maximum atomic E-state index is 14.0. The van der Waals surface area contributed by atoms with Gasteiger partial charge in [0.05, 0.1) is 11.6 Å². The van der Waals surface area contributed by atoms with E-state index in [4.69, 9.17) is 4.52 Å². The number of carbonyl (C=O) groups is 1.